The van der Waals surface area contributed by atoms with Gasteiger partial charge in [0.15, 0.2) is 12.7 Å². The van der Waals surface area contributed by atoms with Crippen LogP contribution in [-0.4, -0.2) is 24.6 Å². The lowest BCUT2D eigenvalue weighted by atomic mass is 10.2. The van der Waals surface area contributed by atoms with Crippen molar-refractivity contribution in [2.45, 2.75) is 33.3 Å². The molecule has 0 unspecified atom stereocenters. The second kappa shape index (κ2) is 8.87. The van der Waals surface area contributed by atoms with E-state index in [1.54, 1.807) is 24.3 Å². The average Bonchev–Trinajstić information content (AvgIpc) is 2.62. The number of nitrogens with one attached hydrogen (secondary N) is 1. The summed E-state index contributed by atoms with van der Waals surface area (Å²) in [5.74, 6) is -0.387. The molecule has 0 aliphatic carbocycles. The van der Waals surface area contributed by atoms with E-state index in [1.807, 2.05) is 31.2 Å². The normalized spacial score (nSPS) is 11.5. The fourth-order valence-electron chi connectivity index (χ4n) is 2.13. The highest BCUT2D eigenvalue weighted by atomic mass is 16.6. The van der Waals surface area contributed by atoms with Crippen LogP contribution in [0.3, 0.4) is 0 Å². The van der Waals surface area contributed by atoms with Crippen LogP contribution >= 0.6 is 0 Å². The van der Waals surface area contributed by atoms with Crippen LogP contribution < -0.4 is 10.1 Å². The molecule has 0 aliphatic heterocycles. The number of rotatable bonds is 7. The van der Waals surface area contributed by atoms with Crippen molar-refractivity contribution in [3.05, 3.63) is 59.7 Å². The minimum atomic E-state index is -0.903. The number of anilines is 1. The summed E-state index contributed by atoms with van der Waals surface area (Å²) in [6.07, 6.45) is 0.0375. The highest BCUT2D eigenvalue weighted by Crippen LogP contribution is 2.13. The molecule has 0 saturated carbocycles. The molecular formula is C20H23NO4. The first-order chi connectivity index (χ1) is 12.0. The lowest BCUT2D eigenvalue weighted by molar-refractivity contribution is -0.155. The fraction of sp³-hybridized carbons (Fsp3) is 0.300. The van der Waals surface area contributed by atoms with Crippen molar-refractivity contribution >= 4 is 17.6 Å². The van der Waals surface area contributed by atoms with Crippen molar-refractivity contribution < 1.29 is 19.1 Å². The first kappa shape index (κ1) is 18.5. The first-order valence-electron chi connectivity index (χ1n) is 8.26. The number of amides is 1. The van der Waals surface area contributed by atoms with Crippen LogP contribution in [0.2, 0.25) is 0 Å². The monoisotopic (exact) mass is 341 g/mol. The molecule has 1 atom stereocenters. The van der Waals surface area contributed by atoms with E-state index in [0.717, 1.165) is 12.0 Å². The molecule has 0 saturated heterocycles. The summed E-state index contributed by atoms with van der Waals surface area (Å²) in [5.41, 5.74) is 2.95. The van der Waals surface area contributed by atoms with Gasteiger partial charge in [0.2, 0.25) is 0 Å². The molecule has 0 fully saturated rings. The Hall–Kier alpha value is -2.82. The van der Waals surface area contributed by atoms with Crippen molar-refractivity contribution in [2.75, 3.05) is 11.9 Å². The summed E-state index contributed by atoms with van der Waals surface area (Å²) in [4.78, 5) is 23.9. The van der Waals surface area contributed by atoms with Crippen molar-refractivity contribution in [1.29, 1.82) is 0 Å². The third-order valence-electron chi connectivity index (χ3n) is 3.68. The van der Waals surface area contributed by atoms with Gasteiger partial charge in [0, 0.05) is 5.69 Å². The van der Waals surface area contributed by atoms with Crippen LogP contribution in [0.5, 0.6) is 5.75 Å². The van der Waals surface area contributed by atoms with Crippen LogP contribution in [0.4, 0.5) is 5.69 Å². The quantitative estimate of drug-likeness (QED) is 0.783. The fourth-order valence-corrected chi connectivity index (χ4v) is 2.13. The van der Waals surface area contributed by atoms with Gasteiger partial charge in [-0.3, -0.25) is 4.79 Å². The Morgan fingerprint density at radius 3 is 2.28 bits per heavy atom. The van der Waals surface area contributed by atoms with Crippen LogP contribution in [-0.2, 0) is 20.7 Å². The van der Waals surface area contributed by atoms with Crippen molar-refractivity contribution in [3.8, 4) is 5.75 Å². The summed E-state index contributed by atoms with van der Waals surface area (Å²) >= 11 is 0. The minimum Gasteiger partial charge on any atom is -0.482 e. The molecule has 0 heterocycles. The third kappa shape index (κ3) is 5.95. The van der Waals surface area contributed by atoms with Crippen molar-refractivity contribution in [1.82, 2.24) is 0 Å². The van der Waals surface area contributed by atoms with E-state index in [4.69, 9.17) is 9.47 Å². The number of carbonyl (C=O) groups is 2. The topological polar surface area (TPSA) is 64.6 Å². The van der Waals surface area contributed by atoms with Gasteiger partial charge in [-0.25, -0.2) is 4.79 Å². The van der Waals surface area contributed by atoms with Gasteiger partial charge in [0.25, 0.3) is 5.91 Å². The maximum atomic E-state index is 12.0. The number of hydrogen-bond acceptors (Lipinski definition) is 4. The molecule has 1 amide bonds. The van der Waals surface area contributed by atoms with E-state index in [1.165, 1.54) is 12.5 Å². The Labute approximate surface area is 148 Å². The lowest BCUT2D eigenvalue weighted by Gasteiger charge is -2.14. The summed E-state index contributed by atoms with van der Waals surface area (Å²) in [5, 5.41) is 2.70. The smallest absolute Gasteiger partial charge is 0.344 e. The molecule has 2 rings (SSSR count). The molecule has 25 heavy (non-hydrogen) atoms. The van der Waals surface area contributed by atoms with E-state index in [9.17, 15) is 9.59 Å². The van der Waals surface area contributed by atoms with E-state index in [2.05, 4.69) is 12.2 Å². The molecule has 0 spiro atoms. The molecule has 0 aliphatic rings. The largest absolute Gasteiger partial charge is 0.482 e. The molecule has 2 aromatic carbocycles. The number of carbonyl (C=O) groups excluding carboxylic acids is 2. The van der Waals surface area contributed by atoms with E-state index < -0.39 is 12.1 Å². The minimum absolute atomic E-state index is 0.242. The van der Waals surface area contributed by atoms with Gasteiger partial charge < -0.3 is 14.8 Å². The Morgan fingerprint density at radius 2 is 1.68 bits per heavy atom. The van der Waals surface area contributed by atoms with Gasteiger partial charge in [0.05, 0.1) is 0 Å². The Balaban J connectivity index is 1.78. The van der Waals surface area contributed by atoms with Crippen LogP contribution in [0, 0.1) is 6.92 Å². The predicted octanol–water partition coefficient (Wildman–Crippen LogP) is 3.51. The van der Waals surface area contributed by atoms with E-state index >= 15 is 0 Å². The van der Waals surface area contributed by atoms with Gasteiger partial charge in [-0.05, 0) is 50.1 Å². The third-order valence-corrected chi connectivity index (χ3v) is 3.68. The lowest BCUT2D eigenvalue weighted by Crippen LogP contribution is -2.31. The molecule has 1 N–H and O–H groups in total. The zero-order chi connectivity index (χ0) is 18.2. The van der Waals surface area contributed by atoms with Gasteiger partial charge in [0.1, 0.15) is 5.75 Å². The van der Waals surface area contributed by atoms with Gasteiger partial charge in [-0.2, -0.15) is 0 Å². The highest BCUT2D eigenvalue weighted by molar-refractivity contribution is 5.95. The number of aryl methyl sites for hydroxylation is 2. The van der Waals surface area contributed by atoms with Crippen LogP contribution in [0.15, 0.2) is 48.5 Å². The van der Waals surface area contributed by atoms with Crippen LogP contribution in [0.25, 0.3) is 0 Å². The van der Waals surface area contributed by atoms with Gasteiger partial charge >= 0.3 is 5.97 Å². The number of ether oxygens (including phenoxy) is 2. The second-order valence-electron chi connectivity index (χ2n) is 5.77. The van der Waals surface area contributed by atoms with Crippen LogP contribution in [0.1, 0.15) is 25.0 Å². The SMILES string of the molecule is CCc1ccc(OCC(=O)O[C@H](C)C(=O)Nc2ccc(C)cc2)cc1. The van der Waals surface area contributed by atoms with E-state index in [-0.39, 0.29) is 12.5 Å². The molecule has 5 heteroatoms. The summed E-state index contributed by atoms with van der Waals surface area (Å²) in [7, 11) is 0. The zero-order valence-corrected chi connectivity index (χ0v) is 14.7. The maximum Gasteiger partial charge on any atom is 0.344 e. The standard InChI is InChI=1S/C20H23NO4/c1-4-16-7-11-18(12-8-16)24-13-19(22)25-15(3)20(23)21-17-9-5-14(2)6-10-17/h5-12,15H,4,13H2,1-3H3,(H,21,23)/t15-/m1/s1. The Bertz CT molecular complexity index is 707. The number of benzene rings is 2. The molecule has 0 radical (unpaired) electrons. The van der Waals surface area contributed by atoms with Crippen molar-refractivity contribution in [3.63, 3.8) is 0 Å². The van der Waals surface area contributed by atoms with Gasteiger partial charge in [-0.1, -0.05) is 36.8 Å². The number of esters is 1. The zero-order valence-electron chi connectivity index (χ0n) is 14.7. The number of hydrogen-bond donors (Lipinski definition) is 1. The van der Waals surface area contributed by atoms with Crippen molar-refractivity contribution in [2.24, 2.45) is 0 Å². The molecule has 0 bridgehead atoms. The Morgan fingerprint density at radius 1 is 1.04 bits per heavy atom. The highest BCUT2D eigenvalue weighted by Gasteiger charge is 2.18. The predicted molar refractivity (Wildman–Crippen MR) is 96.7 cm³/mol. The molecule has 132 valence electrons. The summed E-state index contributed by atoms with van der Waals surface area (Å²) in [6.45, 7) is 5.31. The molecular weight excluding hydrogens is 318 g/mol. The second-order valence-corrected chi connectivity index (χ2v) is 5.77. The molecule has 5 nitrogen and oxygen atoms in total. The molecule has 0 aromatic heterocycles. The summed E-state index contributed by atoms with van der Waals surface area (Å²) in [6, 6.07) is 14.9. The summed E-state index contributed by atoms with van der Waals surface area (Å²) < 4.78 is 10.5. The Kier molecular flexibility index (Phi) is 6.57. The first-order valence-corrected chi connectivity index (χ1v) is 8.26. The van der Waals surface area contributed by atoms with Gasteiger partial charge in [-0.15, -0.1) is 0 Å². The maximum absolute atomic E-state index is 12.0. The molecule has 2 aromatic rings. The van der Waals surface area contributed by atoms with E-state index in [0.29, 0.717) is 11.4 Å². The average molecular weight is 341 g/mol.